The van der Waals surface area contributed by atoms with Crippen LogP contribution in [-0.4, -0.2) is 0 Å². The van der Waals surface area contributed by atoms with Gasteiger partial charge in [-0.2, -0.15) is 0 Å². The zero-order chi connectivity index (χ0) is 28.0. The van der Waals surface area contributed by atoms with Crippen molar-refractivity contribution in [2.75, 3.05) is 0 Å². The van der Waals surface area contributed by atoms with Gasteiger partial charge in [0.2, 0.25) is 0 Å². The smallest absolute Gasteiger partial charge is 0.0310 e. The molecule has 0 aliphatic heterocycles. The quantitative estimate of drug-likeness (QED) is 0.290. The Kier molecular flexibility index (Phi) is 5.65. The van der Waals surface area contributed by atoms with Crippen LogP contribution in [0.15, 0.2) is 0 Å². The zero-order valence-electron chi connectivity index (χ0n) is 28.0. The van der Waals surface area contributed by atoms with E-state index in [1.165, 1.54) is 83.5 Å². The van der Waals surface area contributed by atoms with Crippen molar-refractivity contribution in [3.63, 3.8) is 0 Å². The van der Waals surface area contributed by atoms with E-state index in [9.17, 15) is 0 Å². The SMILES string of the molecule is CC12CC3(C)CC(C)(C1)CC(C)(C2)C3.CC12CC3CC(C)(C1)CC(C)(C3)C2.CC12CC3CC(C1)CC(C)(C3)C2. The molecule has 0 saturated heterocycles. The van der Waals surface area contributed by atoms with Gasteiger partial charge in [0.25, 0.3) is 0 Å². The van der Waals surface area contributed by atoms with Crippen molar-refractivity contribution in [3.8, 4) is 0 Å². The molecule has 12 aliphatic carbocycles. The molecule has 12 fully saturated rings. The lowest BCUT2D eigenvalue weighted by atomic mass is 9.37. The van der Waals surface area contributed by atoms with E-state index in [0.29, 0.717) is 21.7 Å². The molecule has 0 N–H and O–H groups in total. The van der Waals surface area contributed by atoms with E-state index in [4.69, 9.17) is 0 Å². The molecular formula is C39H66. The van der Waals surface area contributed by atoms with E-state index in [2.05, 4.69) is 62.3 Å². The van der Waals surface area contributed by atoms with Crippen molar-refractivity contribution in [2.24, 2.45) is 66.5 Å². The lowest BCUT2D eigenvalue weighted by Gasteiger charge is -2.68. The maximum absolute atomic E-state index is 2.55. The molecule has 0 heteroatoms. The summed E-state index contributed by atoms with van der Waals surface area (Å²) in [5, 5.41) is 0. The molecular weight excluding hydrogens is 468 g/mol. The summed E-state index contributed by atoms with van der Waals surface area (Å²) in [4.78, 5) is 0. The summed E-state index contributed by atoms with van der Waals surface area (Å²) in [6.45, 7) is 23.0. The number of hydrogen-bond donors (Lipinski definition) is 0. The lowest BCUT2D eigenvalue weighted by molar-refractivity contribution is -0.176. The van der Waals surface area contributed by atoms with Gasteiger partial charge in [-0.1, -0.05) is 62.3 Å². The lowest BCUT2D eigenvalue weighted by Crippen LogP contribution is -2.57. The molecule has 12 bridgehead atoms. The van der Waals surface area contributed by atoms with Crippen LogP contribution in [0.25, 0.3) is 0 Å². The molecule has 39 heavy (non-hydrogen) atoms. The molecule has 0 amide bonds. The zero-order valence-corrected chi connectivity index (χ0v) is 28.0. The van der Waals surface area contributed by atoms with E-state index in [1.54, 1.807) is 32.1 Å². The first-order valence-electron chi connectivity index (χ1n) is 17.7. The Labute approximate surface area is 244 Å². The predicted molar refractivity (Wildman–Crippen MR) is 167 cm³/mol. The van der Waals surface area contributed by atoms with Crippen LogP contribution >= 0.6 is 0 Å². The summed E-state index contributed by atoms with van der Waals surface area (Å²) in [6.07, 6.45) is 27.5. The Morgan fingerprint density at radius 2 is 0.462 bits per heavy atom. The molecule has 0 spiro atoms. The van der Waals surface area contributed by atoms with E-state index in [-0.39, 0.29) is 0 Å². The average Bonchev–Trinajstić information content (AvgIpc) is 2.56. The third-order valence-corrected chi connectivity index (χ3v) is 14.7. The van der Waals surface area contributed by atoms with Crippen molar-refractivity contribution in [1.82, 2.24) is 0 Å². The summed E-state index contributed by atoms with van der Waals surface area (Å²) in [6, 6.07) is 0. The van der Waals surface area contributed by atoms with Crippen LogP contribution in [0.2, 0.25) is 0 Å². The second kappa shape index (κ2) is 7.93. The molecule has 0 atom stereocenters. The van der Waals surface area contributed by atoms with Gasteiger partial charge in [0.15, 0.2) is 0 Å². The van der Waals surface area contributed by atoms with E-state index in [0.717, 1.165) is 44.8 Å². The molecule has 0 nitrogen and oxygen atoms in total. The van der Waals surface area contributed by atoms with Crippen LogP contribution in [-0.2, 0) is 0 Å². The van der Waals surface area contributed by atoms with Crippen LogP contribution in [0.5, 0.6) is 0 Å². The third-order valence-electron chi connectivity index (χ3n) is 14.7. The second-order valence-corrected chi connectivity index (χ2v) is 22.3. The van der Waals surface area contributed by atoms with Gasteiger partial charge < -0.3 is 0 Å². The fourth-order valence-corrected chi connectivity index (χ4v) is 18.2. The summed E-state index contributed by atoms with van der Waals surface area (Å²) in [5.41, 5.74) is 6.45. The molecule has 0 unspecified atom stereocenters. The van der Waals surface area contributed by atoms with Gasteiger partial charge in [0.1, 0.15) is 0 Å². The number of hydrogen-bond acceptors (Lipinski definition) is 0. The fourth-order valence-electron chi connectivity index (χ4n) is 18.2. The number of rotatable bonds is 0. The van der Waals surface area contributed by atoms with Crippen molar-refractivity contribution in [2.45, 2.75) is 178 Å². The predicted octanol–water partition coefficient (Wildman–Crippen LogP) is 12.0. The average molecular weight is 535 g/mol. The first-order valence-corrected chi connectivity index (χ1v) is 17.7. The minimum Gasteiger partial charge on any atom is -0.0596 e. The van der Waals surface area contributed by atoms with Gasteiger partial charge >= 0.3 is 0 Å². The van der Waals surface area contributed by atoms with E-state index < -0.39 is 0 Å². The van der Waals surface area contributed by atoms with Crippen molar-refractivity contribution in [3.05, 3.63) is 0 Å². The van der Waals surface area contributed by atoms with Crippen LogP contribution in [0.1, 0.15) is 178 Å². The molecule has 12 aliphatic rings. The van der Waals surface area contributed by atoms with Gasteiger partial charge in [0.05, 0.1) is 0 Å². The molecule has 12 saturated carbocycles. The van der Waals surface area contributed by atoms with E-state index >= 15 is 0 Å². The minimum atomic E-state index is 0.688. The summed E-state index contributed by atoms with van der Waals surface area (Å²) < 4.78 is 0. The Balaban J connectivity index is 0.0000000976. The van der Waals surface area contributed by atoms with Crippen LogP contribution in [0.3, 0.4) is 0 Å². The first kappa shape index (κ1) is 27.8. The van der Waals surface area contributed by atoms with Crippen LogP contribution < -0.4 is 0 Å². The van der Waals surface area contributed by atoms with Crippen LogP contribution in [0, 0.1) is 66.5 Å². The minimum absolute atomic E-state index is 0.688. The molecule has 12 rings (SSSR count). The topological polar surface area (TPSA) is 0 Å². The highest BCUT2D eigenvalue weighted by molar-refractivity contribution is 5.13. The Morgan fingerprint density at radius 1 is 0.256 bits per heavy atom. The first-order chi connectivity index (χ1) is 17.7. The highest BCUT2D eigenvalue weighted by atomic mass is 14.7. The highest BCUT2D eigenvalue weighted by Gasteiger charge is 2.62. The molecule has 0 aromatic carbocycles. The van der Waals surface area contributed by atoms with Crippen molar-refractivity contribution < 1.29 is 0 Å². The maximum Gasteiger partial charge on any atom is -0.0310 e. The molecule has 0 aromatic heterocycles. The van der Waals surface area contributed by atoms with Gasteiger partial charge in [-0.05, 0) is 182 Å². The van der Waals surface area contributed by atoms with Gasteiger partial charge in [-0.15, -0.1) is 0 Å². The van der Waals surface area contributed by atoms with Gasteiger partial charge in [0, 0.05) is 0 Å². The van der Waals surface area contributed by atoms with Gasteiger partial charge in [-0.3, -0.25) is 0 Å². The standard InChI is InChI=1S/C14H24.C13H22.C12H20/c1-11-5-12(2)8-13(3,6-11)10-14(4,7-11)9-12;1-11-4-10-5-12(2,7-11)9-13(3,6-10)8-11;1-11-4-9-3-10(5-11)7-12(2,6-9)8-11/h5-10H2,1-4H3;10H,4-9H2,1-3H3;9-10H,3-8H2,1-2H3. The molecule has 0 radical (unpaired) electrons. The normalized spacial score (nSPS) is 64.4. The van der Waals surface area contributed by atoms with Crippen molar-refractivity contribution in [1.29, 1.82) is 0 Å². The Hall–Kier alpha value is 0. The second-order valence-electron chi connectivity index (χ2n) is 22.3. The Morgan fingerprint density at radius 3 is 0.692 bits per heavy atom. The summed E-state index contributed by atoms with van der Waals surface area (Å²) in [5.74, 6) is 3.30. The molecule has 0 aromatic rings. The van der Waals surface area contributed by atoms with Gasteiger partial charge in [-0.25, -0.2) is 0 Å². The highest BCUT2D eigenvalue weighted by Crippen LogP contribution is 2.73. The van der Waals surface area contributed by atoms with Crippen LogP contribution in [0.4, 0.5) is 0 Å². The fraction of sp³-hybridized carbons (Fsp3) is 1.00. The third kappa shape index (κ3) is 5.02. The monoisotopic (exact) mass is 535 g/mol. The summed E-state index contributed by atoms with van der Waals surface area (Å²) >= 11 is 0. The Bertz CT molecular complexity index is 833. The molecule has 0 heterocycles. The summed E-state index contributed by atoms with van der Waals surface area (Å²) in [7, 11) is 0. The maximum atomic E-state index is 2.55. The largest absolute Gasteiger partial charge is 0.0596 e. The van der Waals surface area contributed by atoms with Crippen molar-refractivity contribution >= 4 is 0 Å². The molecule has 222 valence electrons. The van der Waals surface area contributed by atoms with E-state index in [1.807, 2.05) is 0 Å².